The molecule has 0 aliphatic carbocycles. The number of rotatable bonds is 4. The summed E-state index contributed by atoms with van der Waals surface area (Å²) in [7, 11) is 0. The zero-order valence-electron chi connectivity index (χ0n) is 12.0. The Bertz CT molecular complexity index is 407. The molecule has 5 nitrogen and oxygen atoms in total. The van der Waals surface area contributed by atoms with Crippen molar-refractivity contribution < 1.29 is 4.79 Å². The van der Waals surface area contributed by atoms with Gasteiger partial charge in [0, 0.05) is 17.2 Å². The number of hydrogen-bond acceptors (Lipinski definition) is 3. The molecule has 19 heavy (non-hydrogen) atoms. The van der Waals surface area contributed by atoms with Crippen molar-refractivity contribution in [3.05, 3.63) is 18.0 Å². The second-order valence-electron chi connectivity index (χ2n) is 5.99. The molecule has 0 aromatic carbocycles. The minimum absolute atomic E-state index is 0.0120. The van der Waals surface area contributed by atoms with Gasteiger partial charge in [-0.2, -0.15) is 5.10 Å². The number of carbonyl (C=O) groups is 1. The second kappa shape index (κ2) is 5.74. The highest BCUT2D eigenvalue weighted by Crippen LogP contribution is 2.32. The van der Waals surface area contributed by atoms with E-state index in [4.69, 9.17) is 0 Å². The molecule has 1 fully saturated rings. The number of amides is 1. The van der Waals surface area contributed by atoms with Crippen LogP contribution in [0.4, 0.5) is 0 Å². The minimum Gasteiger partial charge on any atom is -0.349 e. The number of aromatic nitrogens is 2. The molecule has 1 saturated heterocycles. The van der Waals surface area contributed by atoms with Crippen molar-refractivity contribution in [2.24, 2.45) is 11.3 Å². The number of nitrogens with one attached hydrogen (secondary N) is 3. The molecule has 1 aromatic rings. The summed E-state index contributed by atoms with van der Waals surface area (Å²) < 4.78 is 0. The predicted molar refractivity (Wildman–Crippen MR) is 74.5 cm³/mol. The number of nitrogens with zero attached hydrogens (tertiary/aromatic N) is 1. The van der Waals surface area contributed by atoms with Crippen molar-refractivity contribution >= 4 is 5.91 Å². The molecule has 3 N–H and O–H groups in total. The molecule has 0 radical (unpaired) electrons. The Labute approximate surface area is 114 Å². The lowest BCUT2D eigenvalue weighted by Gasteiger charge is -2.36. The Morgan fingerprint density at radius 1 is 1.58 bits per heavy atom. The monoisotopic (exact) mass is 264 g/mol. The standard InChI is InChI=1S/C14H24N4O/c1-10(11-7-16-17-8-11)18-13(19)14(2,3)12-5-4-6-15-9-12/h7-8,10,12,15H,4-6,9H2,1-3H3,(H,16,17)(H,18,19). The SMILES string of the molecule is CC(NC(=O)C(C)(C)C1CCCNC1)c1cn[nH]c1. The highest BCUT2D eigenvalue weighted by atomic mass is 16.2. The Hall–Kier alpha value is -1.36. The molecular weight excluding hydrogens is 240 g/mol. The molecule has 0 spiro atoms. The number of aromatic amines is 1. The Kier molecular flexibility index (Phi) is 4.24. The summed E-state index contributed by atoms with van der Waals surface area (Å²) in [6.45, 7) is 8.07. The molecule has 1 amide bonds. The quantitative estimate of drug-likeness (QED) is 0.774. The molecular formula is C14H24N4O. The maximum Gasteiger partial charge on any atom is 0.226 e. The lowest BCUT2D eigenvalue weighted by Crippen LogP contribution is -2.47. The minimum atomic E-state index is -0.342. The fourth-order valence-electron chi connectivity index (χ4n) is 2.62. The van der Waals surface area contributed by atoms with E-state index in [9.17, 15) is 4.79 Å². The number of hydrogen-bond donors (Lipinski definition) is 3. The molecule has 2 atom stereocenters. The smallest absolute Gasteiger partial charge is 0.226 e. The highest BCUT2D eigenvalue weighted by molar-refractivity contribution is 5.82. The van der Waals surface area contributed by atoms with Crippen LogP contribution in [-0.2, 0) is 4.79 Å². The van der Waals surface area contributed by atoms with Crippen LogP contribution in [0.1, 0.15) is 45.2 Å². The summed E-state index contributed by atoms with van der Waals surface area (Å²) in [5, 5.41) is 13.2. The van der Waals surface area contributed by atoms with Gasteiger partial charge in [-0.25, -0.2) is 0 Å². The van der Waals surface area contributed by atoms with Crippen molar-refractivity contribution in [2.45, 2.75) is 39.7 Å². The van der Waals surface area contributed by atoms with Crippen LogP contribution in [0.25, 0.3) is 0 Å². The predicted octanol–water partition coefficient (Wildman–Crippen LogP) is 1.61. The first-order chi connectivity index (χ1) is 9.01. The maximum absolute atomic E-state index is 12.5. The fraction of sp³-hybridized carbons (Fsp3) is 0.714. The van der Waals surface area contributed by atoms with Gasteiger partial charge in [-0.15, -0.1) is 0 Å². The third-order valence-corrected chi connectivity index (χ3v) is 4.27. The van der Waals surface area contributed by atoms with E-state index in [1.165, 1.54) is 0 Å². The van der Waals surface area contributed by atoms with Crippen LogP contribution in [-0.4, -0.2) is 29.2 Å². The largest absolute Gasteiger partial charge is 0.349 e. The van der Waals surface area contributed by atoms with Crippen LogP contribution in [0.5, 0.6) is 0 Å². The van der Waals surface area contributed by atoms with Crippen molar-refractivity contribution in [3.63, 3.8) is 0 Å². The molecule has 2 rings (SSSR count). The van der Waals surface area contributed by atoms with Gasteiger partial charge >= 0.3 is 0 Å². The summed E-state index contributed by atoms with van der Waals surface area (Å²) in [5.41, 5.74) is 0.664. The third kappa shape index (κ3) is 3.15. The lowest BCUT2D eigenvalue weighted by molar-refractivity contribution is -0.133. The zero-order valence-corrected chi connectivity index (χ0v) is 12.0. The molecule has 0 saturated carbocycles. The zero-order chi connectivity index (χ0) is 13.9. The van der Waals surface area contributed by atoms with Crippen LogP contribution in [0, 0.1) is 11.3 Å². The summed E-state index contributed by atoms with van der Waals surface area (Å²) in [4.78, 5) is 12.5. The second-order valence-corrected chi connectivity index (χ2v) is 5.99. The van der Waals surface area contributed by atoms with E-state index >= 15 is 0 Å². The van der Waals surface area contributed by atoms with Gasteiger partial charge in [0.25, 0.3) is 0 Å². The van der Waals surface area contributed by atoms with Gasteiger partial charge in [0.2, 0.25) is 5.91 Å². The van der Waals surface area contributed by atoms with Gasteiger partial charge in [-0.1, -0.05) is 13.8 Å². The number of piperidine rings is 1. The first kappa shape index (κ1) is 14.1. The molecule has 1 aliphatic heterocycles. The maximum atomic E-state index is 12.5. The molecule has 2 heterocycles. The van der Waals surface area contributed by atoms with E-state index in [-0.39, 0.29) is 17.4 Å². The van der Waals surface area contributed by atoms with Crippen molar-refractivity contribution in [3.8, 4) is 0 Å². The van der Waals surface area contributed by atoms with E-state index in [0.717, 1.165) is 31.5 Å². The van der Waals surface area contributed by atoms with Crippen molar-refractivity contribution in [1.82, 2.24) is 20.8 Å². The molecule has 5 heteroatoms. The van der Waals surface area contributed by atoms with Crippen LogP contribution in [0.3, 0.4) is 0 Å². The van der Waals surface area contributed by atoms with E-state index in [1.54, 1.807) is 6.20 Å². The fourth-order valence-corrected chi connectivity index (χ4v) is 2.62. The van der Waals surface area contributed by atoms with Gasteiger partial charge < -0.3 is 10.6 Å². The highest BCUT2D eigenvalue weighted by Gasteiger charge is 2.37. The van der Waals surface area contributed by atoms with Gasteiger partial charge in [0.05, 0.1) is 12.2 Å². The first-order valence-electron chi connectivity index (χ1n) is 7.02. The molecule has 1 aromatic heterocycles. The van der Waals surface area contributed by atoms with Gasteiger partial charge in [-0.3, -0.25) is 9.89 Å². The summed E-state index contributed by atoms with van der Waals surface area (Å²) in [5.74, 6) is 0.521. The van der Waals surface area contributed by atoms with E-state index in [0.29, 0.717) is 5.92 Å². The molecule has 0 bridgehead atoms. The van der Waals surface area contributed by atoms with Gasteiger partial charge in [0.1, 0.15) is 0 Å². The van der Waals surface area contributed by atoms with Crippen molar-refractivity contribution in [1.29, 1.82) is 0 Å². The number of H-pyrrole nitrogens is 1. The van der Waals surface area contributed by atoms with Crippen LogP contribution in [0.2, 0.25) is 0 Å². The summed E-state index contributed by atoms with van der Waals surface area (Å²) in [6, 6.07) is -0.0120. The van der Waals surface area contributed by atoms with Crippen LogP contribution >= 0.6 is 0 Å². The summed E-state index contributed by atoms with van der Waals surface area (Å²) in [6.07, 6.45) is 5.84. The van der Waals surface area contributed by atoms with E-state index in [1.807, 2.05) is 27.0 Å². The molecule has 1 aliphatic rings. The number of carbonyl (C=O) groups excluding carboxylic acids is 1. The summed E-state index contributed by atoms with van der Waals surface area (Å²) >= 11 is 0. The third-order valence-electron chi connectivity index (χ3n) is 4.27. The van der Waals surface area contributed by atoms with Gasteiger partial charge in [-0.05, 0) is 38.8 Å². The topological polar surface area (TPSA) is 69.8 Å². The Balaban J connectivity index is 1.97. The normalized spacial score (nSPS) is 21.9. The van der Waals surface area contributed by atoms with Gasteiger partial charge in [0.15, 0.2) is 0 Å². The average molecular weight is 264 g/mol. The van der Waals surface area contributed by atoms with Crippen molar-refractivity contribution in [2.75, 3.05) is 13.1 Å². The Morgan fingerprint density at radius 3 is 2.95 bits per heavy atom. The average Bonchev–Trinajstić information content (AvgIpc) is 2.93. The molecule has 106 valence electrons. The van der Waals surface area contributed by atoms with Crippen LogP contribution in [0.15, 0.2) is 12.4 Å². The van der Waals surface area contributed by atoms with Crippen LogP contribution < -0.4 is 10.6 Å². The molecule has 2 unspecified atom stereocenters. The first-order valence-corrected chi connectivity index (χ1v) is 7.02. The van der Waals surface area contributed by atoms with E-state index in [2.05, 4.69) is 20.8 Å². The Morgan fingerprint density at radius 2 is 2.37 bits per heavy atom. The lowest BCUT2D eigenvalue weighted by atomic mass is 9.74. The van der Waals surface area contributed by atoms with E-state index < -0.39 is 0 Å².